The number of anilines is 1. The molecule has 1 saturated heterocycles. The van der Waals surface area contributed by atoms with Crippen molar-refractivity contribution in [3.05, 3.63) is 23.9 Å². The van der Waals surface area contributed by atoms with Crippen LogP contribution in [0.4, 0.5) is 10.6 Å². The molecule has 0 aliphatic carbocycles. The number of hydrogen-bond acceptors (Lipinski definition) is 5. The number of nitrogens with two attached hydrogens (primary N) is 1. The molecule has 0 spiro atoms. The first-order valence-electron chi connectivity index (χ1n) is 6.53. The minimum atomic E-state index is -0.213. The molecule has 1 fully saturated rings. The lowest BCUT2D eigenvalue weighted by atomic mass is 10.2. The molecule has 0 unspecified atom stereocenters. The number of nitrogen functional groups attached to an aromatic ring is 1. The predicted molar refractivity (Wildman–Crippen MR) is 72.5 cm³/mol. The van der Waals surface area contributed by atoms with Crippen molar-refractivity contribution in [2.45, 2.75) is 13.5 Å². The Balaban J connectivity index is 1.82. The Morgan fingerprint density at radius 2 is 2.16 bits per heavy atom. The first kappa shape index (κ1) is 13.6. The molecule has 0 atom stereocenters. The molecule has 104 valence electrons. The minimum absolute atomic E-state index is 0.213. The number of aromatic nitrogens is 1. The highest BCUT2D eigenvalue weighted by Crippen LogP contribution is 2.10. The fraction of sp³-hybridized carbons (Fsp3) is 0.538. The number of carbonyl (C=O) groups excluding carboxylic acids is 1. The van der Waals surface area contributed by atoms with E-state index in [0.717, 1.165) is 25.2 Å². The topological polar surface area (TPSA) is 71.7 Å². The second-order valence-electron chi connectivity index (χ2n) is 4.55. The smallest absolute Gasteiger partial charge is 0.409 e. The number of pyridine rings is 1. The van der Waals surface area contributed by atoms with Crippen molar-refractivity contribution in [1.82, 2.24) is 14.8 Å². The van der Waals surface area contributed by atoms with E-state index in [1.54, 1.807) is 11.1 Å². The van der Waals surface area contributed by atoms with Crippen LogP contribution in [0.2, 0.25) is 0 Å². The van der Waals surface area contributed by atoms with E-state index >= 15 is 0 Å². The second kappa shape index (κ2) is 6.38. The zero-order chi connectivity index (χ0) is 13.7. The summed E-state index contributed by atoms with van der Waals surface area (Å²) < 4.78 is 4.99. The lowest BCUT2D eigenvalue weighted by molar-refractivity contribution is 0.0778. The molecule has 1 aromatic heterocycles. The van der Waals surface area contributed by atoms with E-state index in [9.17, 15) is 4.79 Å². The maximum Gasteiger partial charge on any atom is 0.409 e. The molecule has 1 aliphatic heterocycles. The van der Waals surface area contributed by atoms with E-state index in [4.69, 9.17) is 10.5 Å². The number of ether oxygens (including phenoxy) is 1. The average Bonchev–Trinajstić information content (AvgIpc) is 2.40. The number of nitrogens with zero attached hydrogens (tertiary/aromatic N) is 3. The third-order valence-electron chi connectivity index (χ3n) is 3.15. The van der Waals surface area contributed by atoms with Gasteiger partial charge in [0.1, 0.15) is 5.82 Å². The molecule has 0 aromatic carbocycles. The summed E-state index contributed by atoms with van der Waals surface area (Å²) in [5.41, 5.74) is 6.81. The van der Waals surface area contributed by atoms with Gasteiger partial charge in [-0.2, -0.15) is 0 Å². The molecule has 0 bridgehead atoms. The molecular weight excluding hydrogens is 244 g/mol. The predicted octanol–water partition coefficient (Wildman–Crippen LogP) is 0.938. The summed E-state index contributed by atoms with van der Waals surface area (Å²) in [5, 5.41) is 0. The zero-order valence-corrected chi connectivity index (χ0v) is 11.2. The van der Waals surface area contributed by atoms with Crippen LogP contribution in [-0.4, -0.2) is 53.7 Å². The molecule has 0 saturated carbocycles. The van der Waals surface area contributed by atoms with Gasteiger partial charge in [0.15, 0.2) is 0 Å². The summed E-state index contributed by atoms with van der Waals surface area (Å²) in [6, 6.07) is 3.85. The summed E-state index contributed by atoms with van der Waals surface area (Å²) >= 11 is 0. The van der Waals surface area contributed by atoms with E-state index in [2.05, 4.69) is 9.88 Å². The zero-order valence-electron chi connectivity index (χ0n) is 11.2. The van der Waals surface area contributed by atoms with Crippen molar-refractivity contribution in [3.8, 4) is 0 Å². The number of piperazine rings is 1. The van der Waals surface area contributed by atoms with Gasteiger partial charge in [0.05, 0.1) is 6.61 Å². The molecule has 1 amide bonds. The second-order valence-corrected chi connectivity index (χ2v) is 4.55. The maximum atomic E-state index is 11.6. The summed E-state index contributed by atoms with van der Waals surface area (Å²) in [6.45, 7) is 6.20. The third kappa shape index (κ3) is 3.82. The Morgan fingerprint density at radius 1 is 1.42 bits per heavy atom. The Kier molecular flexibility index (Phi) is 4.57. The van der Waals surface area contributed by atoms with Gasteiger partial charge in [-0.3, -0.25) is 4.90 Å². The lowest BCUT2D eigenvalue weighted by Crippen LogP contribution is -2.48. The van der Waals surface area contributed by atoms with Gasteiger partial charge in [-0.25, -0.2) is 9.78 Å². The van der Waals surface area contributed by atoms with Crippen molar-refractivity contribution in [1.29, 1.82) is 0 Å². The average molecular weight is 264 g/mol. The van der Waals surface area contributed by atoms with Crippen molar-refractivity contribution in [3.63, 3.8) is 0 Å². The normalized spacial score (nSPS) is 16.4. The van der Waals surface area contributed by atoms with E-state index in [1.165, 1.54) is 0 Å². The van der Waals surface area contributed by atoms with Crippen LogP contribution >= 0.6 is 0 Å². The molecule has 0 radical (unpaired) electrons. The highest BCUT2D eigenvalue weighted by Gasteiger charge is 2.21. The number of hydrogen-bond donors (Lipinski definition) is 1. The Morgan fingerprint density at radius 3 is 2.79 bits per heavy atom. The fourth-order valence-corrected chi connectivity index (χ4v) is 2.15. The van der Waals surface area contributed by atoms with Gasteiger partial charge in [-0.15, -0.1) is 0 Å². The van der Waals surface area contributed by atoms with Gasteiger partial charge < -0.3 is 15.4 Å². The third-order valence-corrected chi connectivity index (χ3v) is 3.15. The summed E-state index contributed by atoms with van der Waals surface area (Å²) in [6.07, 6.45) is 1.51. The molecule has 2 heterocycles. The number of carbonyl (C=O) groups is 1. The van der Waals surface area contributed by atoms with E-state index in [-0.39, 0.29) is 6.09 Å². The highest BCUT2D eigenvalue weighted by molar-refractivity contribution is 5.67. The maximum absolute atomic E-state index is 11.6. The van der Waals surface area contributed by atoms with Gasteiger partial charge in [-0.05, 0) is 24.6 Å². The Hall–Kier alpha value is -1.82. The fourth-order valence-electron chi connectivity index (χ4n) is 2.15. The van der Waals surface area contributed by atoms with Gasteiger partial charge in [0.2, 0.25) is 0 Å². The summed E-state index contributed by atoms with van der Waals surface area (Å²) in [4.78, 5) is 19.6. The van der Waals surface area contributed by atoms with Crippen LogP contribution in [0.5, 0.6) is 0 Å². The largest absolute Gasteiger partial charge is 0.450 e. The highest BCUT2D eigenvalue weighted by atomic mass is 16.6. The van der Waals surface area contributed by atoms with Crippen molar-refractivity contribution >= 4 is 11.9 Å². The van der Waals surface area contributed by atoms with Crippen LogP contribution in [0.1, 0.15) is 12.5 Å². The van der Waals surface area contributed by atoms with Crippen molar-refractivity contribution in [2.24, 2.45) is 0 Å². The molecule has 2 N–H and O–H groups in total. The van der Waals surface area contributed by atoms with Crippen molar-refractivity contribution < 1.29 is 9.53 Å². The first-order valence-corrected chi connectivity index (χ1v) is 6.53. The molecule has 1 aliphatic rings. The monoisotopic (exact) mass is 264 g/mol. The number of amides is 1. The molecule has 6 heteroatoms. The van der Waals surface area contributed by atoms with Crippen molar-refractivity contribution in [2.75, 3.05) is 38.5 Å². The minimum Gasteiger partial charge on any atom is -0.450 e. The summed E-state index contributed by atoms with van der Waals surface area (Å²) in [7, 11) is 0. The van der Waals surface area contributed by atoms with Crippen LogP contribution in [0, 0.1) is 0 Å². The van der Waals surface area contributed by atoms with Crippen LogP contribution in [0.3, 0.4) is 0 Å². The van der Waals surface area contributed by atoms with Crippen LogP contribution in [0.25, 0.3) is 0 Å². The van der Waals surface area contributed by atoms with Gasteiger partial charge in [-0.1, -0.05) is 0 Å². The summed E-state index contributed by atoms with van der Waals surface area (Å²) in [5.74, 6) is 0.544. The SMILES string of the molecule is CCOC(=O)N1CCN(Cc2ccnc(N)c2)CC1. The van der Waals surface area contributed by atoms with Crippen LogP contribution in [0.15, 0.2) is 18.3 Å². The molecular formula is C13H20N4O2. The molecule has 19 heavy (non-hydrogen) atoms. The Labute approximate surface area is 113 Å². The van der Waals surface area contributed by atoms with Gasteiger partial charge in [0.25, 0.3) is 0 Å². The van der Waals surface area contributed by atoms with E-state index < -0.39 is 0 Å². The first-order chi connectivity index (χ1) is 9.19. The molecule has 2 rings (SSSR count). The van der Waals surface area contributed by atoms with Gasteiger partial charge in [0, 0.05) is 38.9 Å². The van der Waals surface area contributed by atoms with E-state index in [0.29, 0.717) is 25.5 Å². The van der Waals surface area contributed by atoms with Gasteiger partial charge >= 0.3 is 6.09 Å². The van der Waals surface area contributed by atoms with Crippen LogP contribution < -0.4 is 5.73 Å². The lowest BCUT2D eigenvalue weighted by Gasteiger charge is -2.34. The Bertz CT molecular complexity index is 430. The van der Waals surface area contributed by atoms with E-state index in [1.807, 2.05) is 19.1 Å². The molecule has 1 aromatic rings. The number of rotatable bonds is 3. The standard InChI is InChI=1S/C13H20N4O2/c1-2-19-13(18)17-7-5-16(6-8-17)10-11-3-4-15-12(14)9-11/h3-4,9H,2,5-8,10H2,1H3,(H2,14,15). The van der Waals surface area contributed by atoms with Crippen LogP contribution in [-0.2, 0) is 11.3 Å². The molecule has 6 nitrogen and oxygen atoms in total. The quantitative estimate of drug-likeness (QED) is 0.879.